The smallest absolute Gasteiger partial charge is 0.278 e. The minimum absolute atomic E-state index is 0. The molecule has 0 bridgehead atoms. The van der Waals surface area contributed by atoms with Crippen LogP contribution in [-0.4, -0.2) is 160 Å². The molecular formula is C101H121N21O8. The zero-order chi connectivity index (χ0) is 88.0. The lowest BCUT2D eigenvalue weighted by Crippen LogP contribution is -2.46. The Balaban J connectivity index is 0.000000136. The third-order valence-electron chi connectivity index (χ3n) is 28.5. The number of amides is 2. The van der Waals surface area contributed by atoms with E-state index in [1.54, 1.807) is 55.5 Å². The minimum Gasteiger partial charge on any atom is -0.384 e. The summed E-state index contributed by atoms with van der Waals surface area (Å²) in [5.41, 5.74) is 6.28. The molecule has 7 aliphatic carbocycles. The van der Waals surface area contributed by atoms with E-state index in [1.807, 2.05) is 90.8 Å². The average Bonchev–Trinajstić information content (AvgIpc) is 1.61. The number of benzene rings is 3. The first-order chi connectivity index (χ1) is 62.3. The number of hydrogen-bond donors (Lipinski definition) is 6. The number of nitrogens with one attached hydrogen (secondary N) is 3. The van der Waals surface area contributed by atoms with Crippen LogP contribution in [0.2, 0.25) is 0 Å². The molecule has 0 unspecified atom stereocenters. The summed E-state index contributed by atoms with van der Waals surface area (Å²) in [6, 6.07) is 43.4. The van der Waals surface area contributed by atoms with Crippen molar-refractivity contribution >= 4 is 79.8 Å². The van der Waals surface area contributed by atoms with Gasteiger partial charge in [-0.15, -0.1) is 19.7 Å². The van der Waals surface area contributed by atoms with Gasteiger partial charge in [-0.25, -0.2) is 58.0 Å². The summed E-state index contributed by atoms with van der Waals surface area (Å²) < 4.78 is 9.71. The van der Waals surface area contributed by atoms with Crippen LogP contribution >= 0.6 is 0 Å². The normalized spacial score (nSPS) is 21.3. The van der Waals surface area contributed by atoms with Crippen LogP contribution in [0.3, 0.4) is 0 Å². The molecule has 3 aromatic carbocycles. The Morgan fingerprint density at radius 2 is 0.762 bits per heavy atom. The van der Waals surface area contributed by atoms with Crippen molar-refractivity contribution in [3.63, 3.8) is 0 Å². The molecular weight excluding hydrogens is 1640 g/mol. The Bertz CT molecular complexity index is 6320. The summed E-state index contributed by atoms with van der Waals surface area (Å²) in [5, 5.41) is 43.8. The fourth-order valence-electron chi connectivity index (χ4n) is 20.3. The van der Waals surface area contributed by atoms with Gasteiger partial charge in [0.2, 0.25) is 29.7 Å². The molecule has 29 nitrogen and oxygen atoms in total. The van der Waals surface area contributed by atoms with Crippen molar-refractivity contribution in [2.24, 2.45) is 5.92 Å². The number of likely N-dealkylation sites (tertiary alicyclic amines) is 2. The molecule has 11 heterocycles. The molecule has 2 saturated heterocycles. The summed E-state index contributed by atoms with van der Waals surface area (Å²) in [4.78, 5) is 113. The van der Waals surface area contributed by atoms with Crippen LogP contribution in [-0.2, 0) is 46.0 Å². The number of carbonyl (C=O) groups excluding carboxylic acids is 2. The molecule has 9 fully saturated rings. The highest BCUT2D eigenvalue weighted by molar-refractivity contribution is 5.82. The van der Waals surface area contributed by atoms with Crippen LogP contribution in [0.5, 0.6) is 0 Å². The molecule has 12 aromatic rings. The lowest BCUT2D eigenvalue weighted by Gasteiger charge is -2.42. The van der Waals surface area contributed by atoms with E-state index < -0.39 is 16.8 Å². The summed E-state index contributed by atoms with van der Waals surface area (Å²) in [6.45, 7) is 15.8. The molecule has 0 atom stereocenters. The molecule has 9 aliphatic rings. The van der Waals surface area contributed by atoms with Crippen molar-refractivity contribution in [2.75, 3.05) is 42.6 Å². The summed E-state index contributed by atoms with van der Waals surface area (Å²) in [5.74, 6) is 5.20. The number of fused-ring (bicyclic) bond motifs is 3. The predicted molar refractivity (Wildman–Crippen MR) is 507 cm³/mol. The van der Waals surface area contributed by atoms with Crippen molar-refractivity contribution in [2.45, 2.75) is 254 Å². The quantitative estimate of drug-likeness (QED) is 0.0289. The lowest BCUT2D eigenvalue weighted by molar-refractivity contribution is -0.134. The molecule has 2 aliphatic heterocycles. The summed E-state index contributed by atoms with van der Waals surface area (Å²) in [6.07, 6.45) is 35.4. The van der Waals surface area contributed by atoms with Crippen LogP contribution in [0, 0.1) is 5.92 Å². The van der Waals surface area contributed by atoms with Crippen molar-refractivity contribution in [3.05, 3.63) is 249 Å². The molecule has 21 rings (SSSR count). The van der Waals surface area contributed by atoms with E-state index in [0.717, 1.165) is 120 Å². The van der Waals surface area contributed by atoms with E-state index in [9.17, 15) is 39.3 Å². The Morgan fingerprint density at radius 3 is 1.05 bits per heavy atom. The molecule has 6 N–H and O–H groups in total. The standard InChI is InChI=1S/C34H39N7O3.C33H37N7O3.C32H37N7O2.2CH4/c1-3-20-40-32(43)27-21-35-33(38-30(27)41(40)29-7-4-6-28(37-29)34(44)18-5-19-34)36-25-14-10-22(11-15-25)23-12-16-26(17-13-23)39(2)31(42)24-8-9-24;1-2-19-39-31(42)26-21-34-32(37-30(26)40(39)28-7-3-6-27(36-28)33(43)17-5-18-33)35-24-13-9-22(10-14-24)23-11-15-25(16-12-23)38-20-4-8-29(38)41;1-2-18-38-30(40)26-21-33-31(36-29(26)39(38)28-7-3-6-27(35-28)32(41)16-4-17-32)34-24-12-8-22(9-13-24)23-10-14-25(15-11-23)37-19-5-20-37;;/h3-4,6-7,10-11,14-15,21,23-24,26,44H,1,5,8-9,12-13,16-20H2,2H3,(H,35,36,38);2-3,6-7,9-10,13-14,21,23,25,43H,1,4-5,8,11-12,15-20H2,(H,34,35,37);2-3,6-9,12-13,21,23,25,41H,1,4-5,10-11,14-20H2,(H,33,34,36);2*1H4. The molecule has 9 aromatic heterocycles. The van der Waals surface area contributed by atoms with E-state index in [4.69, 9.17) is 29.9 Å². The van der Waals surface area contributed by atoms with E-state index in [-0.39, 0.29) is 57.1 Å². The van der Waals surface area contributed by atoms with Gasteiger partial charge in [-0.2, -0.15) is 15.0 Å². The number of aliphatic hydroxyl groups is 3. The van der Waals surface area contributed by atoms with E-state index in [1.165, 1.54) is 71.2 Å². The first-order valence-electron chi connectivity index (χ1n) is 46.1. The van der Waals surface area contributed by atoms with Gasteiger partial charge >= 0.3 is 0 Å². The molecule has 29 heteroatoms. The Labute approximate surface area is 757 Å². The van der Waals surface area contributed by atoms with Crippen molar-refractivity contribution < 1.29 is 24.9 Å². The van der Waals surface area contributed by atoms with Crippen molar-refractivity contribution in [1.29, 1.82) is 0 Å². The second-order valence-electron chi connectivity index (χ2n) is 36.6. The highest BCUT2D eigenvalue weighted by atomic mass is 16.3. The number of carbonyl (C=O) groups is 2. The maximum Gasteiger partial charge on any atom is 0.278 e. The largest absolute Gasteiger partial charge is 0.384 e. The van der Waals surface area contributed by atoms with Gasteiger partial charge in [0.25, 0.3) is 16.7 Å². The van der Waals surface area contributed by atoms with Gasteiger partial charge in [-0.3, -0.25) is 24.0 Å². The van der Waals surface area contributed by atoms with Crippen LogP contribution in [0.1, 0.15) is 233 Å². The van der Waals surface area contributed by atoms with Crippen LogP contribution in [0.25, 0.3) is 50.6 Å². The highest BCUT2D eigenvalue weighted by Crippen LogP contribution is 2.45. The predicted octanol–water partition coefficient (Wildman–Crippen LogP) is 16.4. The van der Waals surface area contributed by atoms with Crippen LogP contribution in [0.15, 0.2) is 198 Å². The molecule has 2 amide bonds. The Hall–Kier alpha value is -12.4. The Kier molecular flexibility index (Phi) is 26.1. The van der Waals surface area contributed by atoms with E-state index >= 15 is 0 Å². The van der Waals surface area contributed by atoms with Gasteiger partial charge < -0.3 is 46.0 Å². The monoisotopic (exact) mass is 1760 g/mol. The number of pyridine rings is 3. The topological polar surface area (TPSA) is 337 Å². The lowest BCUT2D eigenvalue weighted by atomic mass is 9.77. The Morgan fingerprint density at radius 1 is 0.423 bits per heavy atom. The molecule has 0 spiro atoms. The number of rotatable bonds is 25. The molecule has 7 saturated carbocycles. The van der Waals surface area contributed by atoms with E-state index in [2.05, 4.69) is 109 Å². The van der Waals surface area contributed by atoms with Gasteiger partial charge in [-0.05, 0) is 281 Å². The summed E-state index contributed by atoms with van der Waals surface area (Å²) >= 11 is 0. The third-order valence-corrected chi connectivity index (χ3v) is 28.5. The number of allylic oxidation sites excluding steroid dienone is 3. The number of hydrogen-bond acceptors (Lipinski definition) is 21. The summed E-state index contributed by atoms with van der Waals surface area (Å²) in [7, 11) is 1.98. The number of nitrogens with zero attached hydrogens (tertiary/aromatic N) is 18. The van der Waals surface area contributed by atoms with Gasteiger partial charge in [0.05, 0.1) is 36.7 Å². The van der Waals surface area contributed by atoms with Gasteiger partial charge in [0.1, 0.15) is 33.0 Å². The van der Waals surface area contributed by atoms with Crippen molar-refractivity contribution in [1.82, 2.24) is 87.6 Å². The van der Waals surface area contributed by atoms with Gasteiger partial charge in [0.15, 0.2) is 34.4 Å². The maximum absolute atomic E-state index is 13.3. The zero-order valence-electron chi connectivity index (χ0n) is 72.8. The molecule has 678 valence electrons. The second kappa shape index (κ2) is 37.9. The minimum atomic E-state index is -0.929. The average molecular weight is 1760 g/mol. The second-order valence-corrected chi connectivity index (χ2v) is 36.6. The van der Waals surface area contributed by atoms with Crippen molar-refractivity contribution in [3.8, 4) is 17.5 Å². The first-order valence-corrected chi connectivity index (χ1v) is 46.1. The maximum atomic E-state index is 13.3. The van der Waals surface area contributed by atoms with Crippen LogP contribution in [0.4, 0.5) is 34.9 Å². The fraction of sp³-hybridized carbons (Fsp3) is 0.446. The first kappa shape index (κ1) is 89.5. The third kappa shape index (κ3) is 18.0. The fourth-order valence-corrected chi connectivity index (χ4v) is 20.3. The van der Waals surface area contributed by atoms with Gasteiger partial charge in [0, 0.05) is 79.7 Å². The molecule has 130 heavy (non-hydrogen) atoms. The van der Waals surface area contributed by atoms with Gasteiger partial charge in [-0.1, -0.05) is 87.7 Å². The molecule has 0 radical (unpaired) electrons. The SMILES string of the molecule is C.C.C=CCn1c(=O)c2cnc(Nc3ccc(C4CCC(N(C)C(=O)C5CC5)CC4)cc3)nc2n1-c1cccc(C2(O)CCC2)n1.C=CCn1c(=O)c2cnc(Nc3ccc(C4CCC(N5CCC5)CC4)cc3)nc2n1-c1cccc(C2(O)CCC2)n1.C=CCn1c(=O)c2cnc(Nc3ccc(C4CCC(N5CCCC5=O)CC4)cc3)nc2n1-c1cccc(C2(O)CCC2)n1. The van der Waals surface area contributed by atoms with Crippen LogP contribution < -0.4 is 32.6 Å². The number of aromatic nitrogens is 15. The zero-order valence-corrected chi connectivity index (χ0v) is 72.8. The van der Waals surface area contributed by atoms with E-state index in [0.29, 0.717) is 172 Å². The number of anilines is 6. The highest BCUT2D eigenvalue weighted by Gasteiger charge is 2.42.